The van der Waals surface area contributed by atoms with Crippen LogP contribution in [0.4, 0.5) is 15.9 Å². The summed E-state index contributed by atoms with van der Waals surface area (Å²) in [5, 5.41) is 2.80. The van der Waals surface area contributed by atoms with Crippen molar-refractivity contribution in [1.29, 1.82) is 0 Å². The molecular formula is C15H10ClFN4O. The van der Waals surface area contributed by atoms with Crippen LogP contribution in [0.5, 0.6) is 11.5 Å². The molecule has 0 saturated carbocycles. The third kappa shape index (κ3) is 3.48. The first kappa shape index (κ1) is 14.2. The van der Waals surface area contributed by atoms with E-state index in [0.29, 0.717) is 17.2 Å². The van der Waals surface area contributed by atoms with Crippen molar-refractivity contribution < 1.29 is 9.13 Å². The van der Waals surface area contributed by atoms with E-state index in [1.165, 1.54) is 0 Å². The van der Waals surface area contributed by atoms with Gasteiger partial charge in [0.2, 0.25) is 5.28 Å². The molecule has 0 unspecified atom stereocenters. The van der Waals surface area contributed by atoms with E-state index in [4.69, 9.17) is 16.3 Å². The fourth-order valence-corrected chi connectivity index (χ4v) is 1.85. The highest BCUT2D eigenvalue weighted by Gasteiger charge is 2.06. The molecule has 1 aromatic carbocycles. The van der Waals surface area contributed by atoms with Gasteiger partial charge in [0, 0.05) is 18.1 Å². The molecule has 5 nitrogen and oxygen atoms in total. The van der Waals surface area contributed by atoms with E-state index in [0.717, 1.165) is 6.20 Å². The summed E-state index contributed by atoms with van der Waals surface area (Å²) < 4.78 is 19.2. The first-order valence-electron chi connectivity index (χ1n) is 6.34. The lowest BCUT2D eigenvalue weighted by Gasteiger charge is -2.08. The molecule has 1 N–H and O–H groups in total. The van der Waals surface area contributed by atoms with Crippen LogP contribution in [-0.2, 0) is 0 Å². The zero-order valence-corrected chi connectivity index (χ0v) is 12.0. The molecule has 3 aromatic rings. The lowest BCUT2D eigenvalue weighted by Crippen LogP contribution is -1.98. The molecule has 0 atom stereocenters. The standard InChI is InChI=1S/C15H10ClFN4O/c16-15-19-9-13(17)14(21-15)20-10-1-3-11(4-2-10)22-12-5-7-18-8-6-12/h1-9H,(H,19,20,21). The molecule has 0 saturated heterocycles. The van der Waals surface area contributed by atoms with Gasteiger partial charge in [-0.25, -0.2) is 9.37 Å². The molecule has 0 radical (unpaired) electrons. The summed E-state index contributed by atoms with van der Waals surface area (Å²) in [6.07, 6.45) is 4.30. The summed E-state index contributed by atoms with van der Waals surface area (Å²) >= 11 is 5.64. The zero-order chi connectivity index (χ0) is 15.4. The highest BCUT2D eigenvalue weighted by molar-refractivity contribution is 6.28. The van der Waals surface area contributed by atoms with Gasteiger partial charge in [-0.3, -0.25) is 4.98 Å². The summed E-state index contributed by atoms with van der Waals surface area (Å²) in [5.74, 6) is 0.770. The second-order valence-corrected chi connectivity index (χ2v) is 4.61. The Labute approximate surface area is 130 Å². The number of halogens is 2. The van der Waals surface area contributed by atoms with E-state index in [1.54, 1.807) is 48.8 Å². The smallest absolute Gasteiger partial charge is 0.224 e. The summed E-state index contributed by atoms with van der Waals surface area (Å²) in [6, 6.07) is 10.5. The predicted octanol–water partition coefficient (Wildman–Crippen LogP) is 4.20. The highest BCUT2D eigenvalue weighted by atomic mass is 35.5. The fourth-order valence-electron chi connectivity index (χ4n) is 1.72. The van der Waals surface area contributed by atoms with Gasteiger partial charge in [-0.1, -0.05) is 0 Å². The maximum absolute atomic E-state index is 13.5. The van der Waals surface area contributed by atoms with Gasteiger partial charge in [0.15, 0.2) is 11.6 Å². The molecule has 0 amide bonds. The van der Waals surface area contributed by atoms with Crippen LogP contribution in [0, 0.1) is 5.82 Å². The minimum atomic E-state index is -0.582. The second-order valence-electron chi connectivity index (χ2n) is 4.27. The van der Waals surface area contributed by atoms with Crippen molar-refractivity contribution in [2.75, 3.05) is 5.32 Å². The third-order valence-corrected chi connectivity index (χ3v) is 2.90. The highest BCUT2D eigenvalue weighted by Crippen LogP contribution is 2.24. The van der Waals surface area contributed by atoms with Crippen molar-refractivity contribution in [1.82, 2.24) is 15.0 Å². The lowest BCUT2D eigenvalue weighted by atomic mass is 10.3. The van der Waals surface area contributed by atoms with Crippen LogP contribution in [-0.4, -0.2) is 15.0 Å². The van der Waals surface area contributed by atoms with Crippen LogP contribution < -0.4 is 10.1 Å². The van der Waals surface area contributed by atoms with E-state index >= 15 is 0 Å². The topological polar surface area (TPSA) is 59.9 Å². The molecule has 3 rings (SSSR count). The first-order valence-corrected chi connectivity index (χ1v) is 6.71. The number of rotatable bonds is 4. The van der Waals surface area contributed by atoms with Crippen molar-refractivity contribution in [2.24, 2.45) is 0 Å². The summed E-state index contributed by atoms with van der Waals surface area (Å²) in [5.41, 5.74) is 0.649. The number of nitrogens with one attached hydrogen (secondary N) is 1. The molecule has 110 valence electrons. The predicted molar refractivity (Wildman–Crippen MR) is 81.0 cm³/mol. The molecule has 0 aliphatic heterocycles. The Hall–Kier alpha value is -2.73. The lowest BCUT2D eigenvalue weighted by molar-refractivity contribution is 0.482. The molecule has 0 aliphatic rings. The zero-order valence-electron chi connectivity index (χ0n) is 11.2. The van der Waals surface area contributed by atoms with Gasteiger partial charge in [0.05, 0.1) is 6.20 Å². The number of anilines is 2. The second kappa shape index (κ2) is 6.36. The van der Waals surface area contributed by atoms with Gasteiger partial charge >= 0.3 is 0 Å². The van der Waals surface area contributed by atoms with E-state index in [1.807, 2.05) is 0 Å². The first-order chi connectivity index (χ1) is 10.7. The van der Waals surface area contributed by atoms with Crippen molar-refractivity contribution in [3.05, 3.63) is 66.1 Å². The Kier molecular flexibility index (Phi) is 4.11. The van der Waals surface area contributed by atoms with Gasteiger partial charge in [-0.15, -0.1) is 0 Å². The van der Waals surface area contributed by atoms with Gasteiger partial charge in [-0.2, -0.15) is 4.98 Å². The Morgan fingerprint density at radius 1 is 1.00 bits per heavy atom. The quantitative estimate of drug-likeness (QED) is 0.731. The fraction of sp³-hybridized carbons (Fsp3) is 0. The van der Waals surface area contributed by atoms with Gasteiger partial charge < -0.3 is 10.1 Å². The molecule has 22 heavy (non-hydrogen) atoms. The van der Waals surface area contributed by atoms with Crippen molar-refractivity contribution >= 4 is 23.1 Å². The van der Waals surface area contributed by atoms with Gasteiger partial charge in [-0.05, 0) is 48.0 Å². The Balaban J connectivity index is 1.73. The number of hydrogen-bond acceptors (Lipinski definition) is 5. The number of pyridine rings is 1. The summed E-state index contributed by atoms with van der Waals surface area (Å²) in [7, 11) is 0. The molecule has 2 heterocycles. The van der Waals surface area contributed by atoms with E-state index in [9.17, 15) is 4.39 Å². The van der Waals surface area contributed by atoms with Crippen LogP contribution in [0.2, 0.25) is 5.28 Å². The third-order valence-electron chi connectivity index (χ3n) is 2.72. The number of benzene rings is 1. The number of nitrogens with zero attached hydrogens (tertiary/aromatic N) is 3. The normalized spacial score (nSPS) is 10.3. The van der Waals surface area contributed by atoms with Crippen molar-refractivity contribution in [3.8, 4) is 11.5 Å². The van der Waals surface area contributed by atoms with Crippen molar-refractivity contribution in [2.45, 2.75) is 0 Å². The molecule has 0 fully saturated rings. The Morgan fingerprint density at radius 3 is 2.41 bits per heavy atom. The Morgan fingerprint density at radius 2 is 1.68 bits per heavy atom. The number of hydrogen-bond donors (Lipinski definition) is 1. The van der Waals surface area contributed by atoms with E-state index in [2.05, 4.69) is 20.3 Å². The molecule has 0 bridgehead atoms. The minimum absolute atomic E-state index is 0.0165. The van der Waals surface area contributed by atoms with Crippen LogP contribution in [0.1, 0.15) is 0 Å². The van der Waals surface area contributed by atoms with E-state index < -0.39 is 5.82 Å². The van der Waals surface area contributed by atoms with E-state index in [-0.39, 0.29) is 11.1 Å². The SMILES string of the molecule is Fc1cnc(Cl)nc1Nc1ccc(Oc2ccncc2)cc1. The van der Waals surface area contributed by atoms with Crippen LogP contribution in [0.15, 0.2) is 55.0 Å². The van der Waals surface area contributed by atoms with Gasteiger partial charge in [0.25, 0.3) is 0 Å². The van der Waals surface area contributed by atoms with Crippen LogP contribution in [0.3, 0.4) is 0 Å². The molecule has 0 spiro atoms. The summed E-state index contributed by atoms with van der Waals surface area (Å²) in [4.78, 5) is 11.3. The summed E-state index contributed by atoms with van der Waals surface area (Å²) in [6.45, 7) is 0. The average molecular weight is 317 g/mol. The molecule has 0 aliphatic carbocycles. The van der Waals surface area contributed by atoms with Crippen LogP contribution >= 0.6 is 11.6 Å². The monoisotopic (exact) mass is 316 g/mol. The Bertz CT molecular complexity index is 768. The average Bonchev–Trinajstić information content (AvgIpc) is 2.54. The maximum atomic E-state index is 13.5. The number of aromatic nitrogens is 3. The van der Waals surface area contributed by atoms with Crippen LogP contribution in [0.25, 0.3) is 0 Å². The molecular weight excluding hydrogens is 307 g/mol. The number of ether oxygens (including phenoxy) is 1. The molecule has 2 aromatic heterocycles. The van der Waals surface area contributed by atoms with Gasteiger partial charge in [0.1, 0.15) is 11.5 Å². The van der Waals surface area contributed by atoms with Crippen molar-refractivity contribution in [3.63, 3.8) is 0 Å². The molecule has 7 heteroatoms. The minimum Gasteiger partial charge on any atom is -0.457 e. The largest absolute Gasteiger partial charge is 0.457 e. The maximum Gasteiger partial charge on any atom is 0.224 e.